The summed E-state index contributed by atoms with van der Waals surface area (Å²) in [6.07, 6.45) is 4.68. The molecule has 0 aliphatic heterocycles. The van der Waals surface area contributed by atoms with Crippen molar-refractivity contribution in [3.63, 3.8) is 0 Å². The van der Waals surface area contributed by atoms with Crippen molar-refractivity contribution in [3.8, 4) is 11.4 Å². The Balaban J connectivity index is 2.04. The van der Waals surface area contributed by atoms with Gasteiger partial charge in [0.25, 0.3) is 5.69 Å². The second-order valence-corrected chi connectivity index (χ2v) is 4.77. The molecule has 0 N–H and O–H groups in total. The molecule has 1 aromatic heterocycles. The smallest absolute Gasteiger partial charge is 0.258 e. The van der Waals surface area contributed by atoms with Gasteiger partial charge in [-0.25, -0.2) is 4.98 Å². The van der Waals surface area contributed by atoms with Crippen LogP contribution in [0.15, 0.2) is 30.6 Å². The van der Waals surface area contributed by atoms with E-state index in [0.717, 1.165) is 25.8 Å². The molecule has 0 bridgehead atoms. The van der Waals surface area contributed by atoms with Crippen molar-refractivity contribution < 1.29 is 4.92 Å². The van der Waals surface area contributed by atoms with Crippen LogP contribution < -0.4 is 0 Å². The average molecular weight is 295 g/mol. The van der Waals surface area contributed by atoms with Crippen LogP contribution >= 0.6 is 11.6 Å². The molecule has 0 amide bonds. The van der Waals surface area contributed by atoms with Crippen LogP contribution in [0.4, 0.5) is 5.69 Å². The van der Waals surface area contributed by atoms with Gasteiger partial charge in [0.15, 0.2) is 5.82 Å². The van der Waals surface area contributed by atoms with Gasteiger partial charge in [-0.05, 0) is 12.8 Å². The molecule has 6 nitrogen and oxygen atoms in total. The number of nitro benzene ring substituents is 1. The first kappa shape index (κ1) is 14.5. The Bertz CT molecular complexity index is 585. The van der Waals surface area contributed by atoms with Crippen LogP contribution in [0, 0.1) is 10.1 Å². The standard InChI is InChI=1S/C13H15ClN4O2/c14-7-2-1-3-8-17-10-15-13(16-17)11-5-4-6-12(9-11)18(19)20/h4-6,9-10H,1-3,7-8H2. The van der Waals surface area contributed by atoms with Crippen molar-refractivity contribution >= 4 is 17.3 Å². The Kier molecular flexibility index (Phi) is 5.06. The average Bonchev–Trinajstić information content (AvgIpc) is 2.92. The predicted molar refractivity (Wildman–Crippen MR) is 76.7 cm³/mol. The minimum Gasteiger partial charge on any atom is -0.258 e. The lowest BCUT2D eigenvalue weighted by Crippen LogP contribution is -1.99. The molecule has 2 rings (SSSR count). The van der Waals surface area contributed by atoms with Crippen LogP contribution in [-0.2, 0) is 6.54 Å². The number of hydrogen-bond acceptors (Lipinski definition) is 4. The van der Waals surface area contributed by atoms with Crippen LogP contribution in [0.5, 0.6) is 0 Å². The van der Waals surface area contributed by atoms with Crippen LogP contribution in [0.3, 0.4) is 0 Å². The number of non-ortho nitro benzene ring substituents is 1. The van der Waals surface area contributed by atoms with Gasteiger partial charge in [0.1, 0.15) is 6.33 Å². The van der Waals surface area contributed by atoms with E-state index in [-0.39, 0.29) is 5.69 Å². The SMILES string of the molecule is O=[N+]([O-])c1cccc(-c2ncn(CCCCCCl)n2)c1. The van der Waals surface area contributed by atoms with E-state index in [2.05, 4.69) is 10.1 Å². The van der Waals surface area contributed by atoms with Gasteiger partial charge in [-0.1, -0.05) is 18.6 Å². The van der Waals surface area contributed by atoms with Crippen molar-refractivity contribution in [2.75, 3.05) is 5.88 Å². The minimum atomic E-state index is -0.424. The minimum absolute atomic E-state index is 0.0426. The number of rotatable bonds is 7. The number of halogens is 1. The number of benzene rings is 1. The van der Waals surface area contributed by atoms with E-state index in [1.807, 2.05) is 0 Å². The lowest BCUT2D eigenvalue weighted by molar-refractivity contribution is -0.384. The summed E-state index contributed by atoms with van der Waals surface area (Å²) in [5, 5.41) is 15.1. The Morgan fingerprint density at radius 2 is 2.15 bits per heavy atom. The zero-order valence-corrected chi connectivity index (χ0v) is 11.7. The van der Waals surface area contributed by atoms with E-state index in [9.17, 15) is 10.1 Å². The first-order valence-corrected chi connectivity index (χ1v) is 6.94. The third-order valence-electron chi connectivity index (χ3n) is 2.87. The summed E-state index contributed by atoms with van der Waals surface area (Å²) in [5.41, 5.74) is 0.694. The van der Waals surface area contributed by atoms with E-state index in [0.29, 0.717) is 17.3 Å². The molecule has 20 heavy (non-hydrogen) atoms. The lowest BCUT2D eigenvalue weighted by Gasteiger charge is -1.99. The summed E-state index contributed by atoms with van der Waals surface area (Å²) < 4.78 is 1.75. The number of hydrogen-bond donors (Lipinski definition) is 0. The topological polar surface area (TPSA) is 73.8 Å². The second-order valence-electron chi connectivity index (χ2n) is 4.39. The highest BCUT2D eigenvalue weighted by atomic mass is 35.5. The van der Waals surface area contributed by atoms with Gasteiger partial charge >= 0.3 is 0 Å². The molecule has 0 radical (unpaired) electrons. The van der Waals surface area contributed by atoms with Crippen molar-refractivity contribution in [2.45, 2.75) is 25.8 Å². The molecule has 0 unspecified atom stereocenters. The van der Waals surface area contributed by atoms with Crippen molar-refractivity contribution in [1.29, 1.82) is 0 Å². The third kappa shape index (κ3) is 3.77. The highest BCUT2D eigenvalue weighted by Gasteiger charge is 2.10. The molecule has 2 aromatic rings. The Labute approximate surface area is 121 Å². The first-order valence-electron chi connectivity index (χ1n) is 6.41. The molecule has 0 saturated heterocycles. The number of nitro groups is 1. The van der Waals surface area contributed by atoms with Crippen molar-refractivity contribution in [1.82, 2.24) is 14.8 Å². The molecule has 0 aliphatic carbocycles. The first-order chi connectivity index (χ1) is 9.70. The largest absolute Gasteiger partial charge is 0.270 e. The van der Waals surface area contributed by atoms with Gasteiger partial charge in [0, 0.05) is 30.1 Å². The highest BCUT2D eigenvalue weighted by Crippen LogP contribution is 2.20. The summed E-state index contributed by atoms with van der Waals surface area (Å²) in [7, 11) is 0. The fraction of sp³-hybridized carbons (Fsp3) is 0.385. The molecule has 1 aromatic carbocycles. The van der Waals surface area contributed by atoms with E-state index in [4.69, 9.17) is 11.6 Å². The van der Waals surface area contributed by atoms with E-state index >= 15 is 0 Å². The van der Waals surface area contributed by atoms with Gasteiger partial charge in [-0.3, -0.25) is 14.8 Å². The number of aromatic nitrogens is 3. The zero-order valence-electron chi connectivity index (χ0n) is 10.9. The number of nitrogens with zero attached hydrogens (tertiary/aromatic N) is 4. The number of alkyl halides is 1. The van der Waals surface area contributed by atoms with Crippen LogP contribution in [0.25, 0.3) is 11.4 Å². The summed E-state index contributed by atoms with van der Waals surface area (Å²) in [6.45, 7) is 0.777. The van der Waals surface area contributed by atoms with Crippen molar-refractivity contribution in [3.05, 3.63) is 40.7 Å². The predicted octanol–water partition coefficient (Wildman–Crippen LogP) is 3.26. The maximum absolute atomic E-state index is 10.7. The lowest BCUT2D eigenvalue weighted by atomic mass is 10.2. The summed E-state index contributed by atoms with van der Waals surface area (Å²) in [5.74, 6) is 1.18. The zero-order chi connectivity index (χ0) is 14.4. The van der Waals surface area contributed by atoms with Gasteiger partial charge in [-0.2, -0.15) is 5.10 Å². The number of unbranched alkanes of at least 4 members (excludes halogenated alkanes) is 2. The molecule has 0 spiro atoms. The monoisotopic (exact) mass is 294 g/mol. The molecule has 0 atom stereocenters. The summed E-state index contributed by atoms with van der Waals surface area (Å²) in [4.78, 5) is 14.5. The molecular weight excluding hydrogens is 280 g/mol. The van der Waals surface area contributed by atoms with Gasteiger partial charge in [-0.15, -0.1) is 11.6 Å². The second kappa shape index (κ2) is 7.00. The van der Waals surface area contributed by atoms with Gasteiger partial charge < -0.3 is 0 Å². The normalized spacial score (nSPS) is 10.7. The van der Waals surface area contributed by atoms with Crippen molar-refractivity contribution in [2.24, 2.45) is 0 Å². The Morgan fingerprint density at radius 1 is 1.30 bits per heavy atom. The Morgan fingerprint density at radius 3 is 2.90 bits per heavy atom. The number of aryl methyl sites for hydroxylation is 1. The van der Waals surface area contributed by atoms with Crippen LogP contribution in [-0.4, -0.2) is 25.6 Å². The fourth-order valence-electron chi connectivity index (χ4n) is 1.84. The molecule has 0 aliphatic rings. The fourth-order valence-corrected chi connectivity index (χ4v) is 2.03. The third-order valence-corrected chi connectivity index (χ3v) is 3.14. The van der Waals surface area contributed by atoms with E-state index in [1.54, 1.807) is 23.1 Å². The molecule has 0 fully saturated rings. The molecule has 0 saturated carbocycles. The summed E-state index contributed by atoms with van der Waals surface area (Å²) >= 11 is 5.62. The van der Waals surface area contributed by atoms with Crippen LogP contribution in [0.1, 0.15) is 19.3 Å². The molecule has 7 heteroatoms. The summed E-state index contributed by atoms with van der Waals surface area (Å²) in [6, 6.07) is 6.33. The molecule has 106 valence electrons. The molecule has 1 heterocycles. The van der Waals surface area contributed by atoms with Gasteiger partial charge in [0.2, 0.25) is 0 Å². The van der Waals surface area contributed by atoms with E-state index in [1.165, 1.54) is 12.1 Å². The maximum Gasteiger partial charge on any atom is 0.270 e. The van der Waals surface area contributed by atoms with E-state index < -0.39 is 4.92 Å². The molecular formula is C13H15ClN4O2. The van der Waals surface area contributed by atoms with Crippen LogP contribution in [0.2, 0.25) is 0 Å². The Hall–Kier alpha value is -1.95. The quantitative estimate of drug-likeness (QED) is 0.340. The highest BCUT2D eigenvalue weighted by molar-refractivity contribution is 6.17. The maximum atomic E-state index is 10.7. The van der Waals surface area contributed by atoms with Gasteiger partial charge in [0.05, 0.1) is 4.92 Å².